The van der Waals surface area contributed by atoms with E-state index in [0.29, 0.717) is 10.2 Å². The molecule has 5 N–H and O–H groups in total. The number of para-hydroxylation sites is 1. The molecule has 1 aliphatic carbocycles. The fraction of sp³-hybridized carbons (Fsp3) is 0. The van der Waals surface area contributed by atoms with Crippen molar-refractivity contribution in [1.82, 2.24) is 0 Å². The van der Waals surface area contributed by atoms with Crippen molar-refractivity contribution in [3.05, 3.63) is 86.9 Å². The molecule has 138 valence electrons. The number of benzene rings is 3. The number of carbonyl (C=O) groups excluding carboxylic acids is 3. The van der Waals surface area contributed by atoms with Gasteiger partial charge in [-0.2, -0.15) is 0 Å². The number of halogens is 1. The van der Waals surface area contributed by atoms with Crippen LogP contribution >= 0.6 is 15.9 Å². The summed E-state index contributed by atoms with van der Waals surface area (Å²) in [6, 6.07) is 14.6. The maximum atomic E-state index is 13.1. The molecule has 0 aliphatic heterocycles. The standard InChI is InChI=1S/C21H14BrN3O3/c22-13-9-15(25-21(28)12-7-3-4-8-14(12)23)16-17(18(13)24)20(27)11-6-2-1-5-10(11)19(16)26/h1-9H,23-24H2,(H,25,28). The minimum atomic E-state index is -0.490. The van der Waals surface area contributed by atoms with Crippen molar-refractivity contribution in [3.63, 3.8) is 0 Å². The number of hydrogen-bond acceptors (Lipinski definition) is 5. The summed E-state index contributed by atoms with van der Waals surface area (Å²) in [5, 5.41) is 2.70. The summed E-state index contributed by atoms with van der Waals surface area (Å²) in [5.74, 6) is -1.23. The van der Waals surface area contributed by atoms with Gasteiger partial charge >= 0.3 is 0 Å². The first kappa shape index (κ1) is 17.9. The van der Waals surface area contributed by atoms with E-state index >= 15 is 0 Å². The molecule has 3 aromatic rings. The molecule has 0 fully saturated rings. The van der Waals surface area contributed by atoms with Crippen LogP contribution in [0.25, 0.3) is 0 Å². The Morgan fingerprint density at radius 1 is 0.857 bits per heavy atom. The molecule has 1 amide bonds. The zero-order valence-corrected chi connectivity index (χ0v) is 16.0. The van der Waals surface area contributed by atoms with Gasteiger partial charge in [-0.05, 0) is 34.1 Å². The molecule has 28 heavy (non-hydrogen) atoms. The zero-order valence-electron chi connectivity index (χ0n) is 14.5. The number of fused-ring (bicyclic) bond motifs is 2. The number of nitrogens with two attached hydrogens (primary N) is 2. The second kappa shape index (κ2) is 6.61. The first-order chi connectivity index (χ1) is 13.4. The molecule has 0 radical (unpaired) electrons. The topological polar surface area (TPSA) is 115 Å². The lowest BCUT2D eigenvalue weighted by molar-refractivity contribution is 0.0979. The van der Waals surface area contributed by atoms with E-state index in [0.717, 1.165) is 0 Å². The van der Waals surface area contributed by atoms with Crippen LogP contribution in [0.2, 0.25) is 0 Å². The van der Waals surface area contributed by atoms with E-state index in [2.05, 4.69) is 21.2 Å². The van der Waals surface area contributed by atoms with Crippen molar-refractivity contribution >= 4 is 50.5 Å². The Morgan fingerprint density at radius 2 is 1.43 bits per heavy atom. The number of rotatable bonds is 2. The van der Waals surface area contributed by atoms with Gasteiger partial charge in [-0.25, -0.2) is 0 Å². The maximum Gasteiger partial charge on any atom is 0.257 e. The molecule has 0 saturated heterocycles. The number of nitrogen functional groups attached to an aromatic ring is 2. The summed E-state index contributed by atoms with van der Waals surface area (Å²) in [6.45, 7) is 0. The third kappa shape index (κ3) is 2.68. The van der Waals surface area contributed by atoms with E-state index in [-0.39, 0.29) is 50.8 Å². The largest absolute Gasteiger partial charge is 0.398 e. The molecule has 6 nitrogen and oxygen atoms in total. The van der Waals surface area contributed by atoms with Gasteiger partial charge in [0.2, 0.25) is 0 Å². The van der Waals surface area contributed by atoms with Gasteiger partial charge in [-0.3, -0.25) is 14.4 Å². The highest BCUT2D eigenvalue weighted by molar-refractivity contribution is 9.10. The molecule has 7 heteroatoms. The van der Waals surface area contributed by atoms with Crippen molar-refractivity contribution < 1.29 is 14.4 Å². The Morgan fingerprint density at radius 3 is 2.07 bits per heavy atom. The van der Waals surface area contributed by atoms with E-state index in [9.17, 15) is 14.4 Å². The molecular formula is C21H14BrN3O3. The number of ketones is 2. The van der Waals surface area contributed by atoms with Crippen molar-refractivity contribution in [2.45, 2.75) is 0 Å². The van der Waals surface area contributed by atoms with Gasteiger partial charge < -0.3 is 16.8 Å². The molecular weight excluding hydrogens is 422 g/mol. The van der Waals surface area contributed by atoms with Gasteiger partial charge in [0, 0.05) is 21.3 Å². The number of anilines is 3. The predicted molar refractivity (Wildman–Crippen MR) is 111 cm³/mol. The Labute approximate surface area is 168 Å². The van der Waals surface area contributed by atoms with Crippen molar-refractivity contribution in [1.29, 1.82) is 0 Å². The highest BCUT2D eigenvalue weighted by atomic mass is 79.9. The summed E-state index contributed by atoms with van der Waals surface area (Å²) < 4.78 is 0.406. The van der Waals surface area contributed by atoms with Gasteiger partial charge in [0.25, 0.3) is 5.91 Å². The van der Waals surface area contributed by atoms with Crippen molar-refractivity contribution in [3.8, 4) is 0 Å². The average molecular weight is 436 g/mol. The van der Waals surface area contributed by atoms with E-state index in [1.807, 2.05) is 0 Å². The summed E-state index contributed by atoms with van der Waals surface area (Å²) in [6.07, 6.45) is 0. The molecule has 0 unspecified atom stereocenters. The molecule has 0 spiro atoms. The van der Waals surface area contributed by atoms with Crippen LogP contribution in [-0.4, -0.2) is 17.5 Å². The molecule has 4 rings (SSSR count). The van der Waals surface area contributed by atoms with Crippen LogP contribution in [0, 0.1) is 0 Å². The molecule has 0 bridgehead atoms. The second-order valence-corrected chi connectivity index (χ2v) is 7.17. The van der Waals surface area contributed by atoms with E-state index in [1.165, 1.54) is 6.07 Å². The van der Waals surface area contributed by atoms with Gasteiger partial charge in [0.15, 0.2) is 11.6 Å². The normalized spacial score (nSPS) is 12.3. The molecule has 3 aromatic carbocycles. The third-order valence-corrected chi connectivity index (χ3v) is 5.30. The lowest BCUT2D eigenvalue weighted by atomic mass is 9.82. The summed E-state index contributed by atoms with van der Waals surface area (Å²) in [5.41, 5.74) is 13.6. The number of nitrogens with one attached hydrogen (secondary N) is 1. The molecule has 1 aliphatic rings. The number of hydrogen-bond donors (Lipinski definition) is 3. The minimum absolute atomic E-state index is 0.0762. The third-order valence-electron chi connectivity index (χ3n) is 4.64. The van der Waals surface area contributed by atoms with Crippen LogP contribution in [0.3, 0.4) is 0 Å². The zero-order chi connectivity index (χ0) is 20.0. The second-order valence-electron chi connectivity index (χ2n) is 6.31. The summed E-state index contributed by atoms with van der Waals surface area (Å²) >= 11 is 3.31. The van der Waals surface area contributed by atoms with Gasteiger partial charge in [-0.15, -0.1) is 0 Å². The SMILES string of the molecule is Nc1ccccc1C(=O)Nc1cc(Br)c(N)c2c1C(=O)c1ccccc1C2=O. The Hall–Kier alpha value is -3.45. The monoisotopic (exact) mass is 435 g/mol. The first-order valence-corrected chi connectivity index (χ1v) is 9.15. The first-order valence-electron chi connectivity index (χ1n) is 8.36. The van der Waals surface area contributed by atoms with Crippen LogP contribution in [0.1, 0.15) is 42.2 Å². The average Bonchev–Trinajstić information content (AvgIpc) is 2.69. The van der Waals surface area contributed by atoms with Crippen LogP contribution in [0.5, 0.6) is 0 Å². The van der Waals surface area contributed by atoms with Crippen LogP contribution in [-0.2, 0) is 0 Å². The number of carbonyl (C=O) groups is 3. The highest BCUT2D eigenvalue weighted by Gasteiger charge is 2.34. The van der Waals surface area contributed by atoms with E-state index < -0.39 is 5.91 Å². The van der Waals surface area contributed by atoms with Gasteiger partial charge in [0.1, 0.15) is 0 Å². The summed E-state index contributed by atoms with van der Waals surface area (Å²) in [7, 11) is 0. The maximum absolute atomic E-state index is 13.1. The fourth-order valence-electron chi connectivity index (χ4n) is 3.28. The molecule has 0 saturated carbocycles. The molecule has 0 aromatic heterocycles. The highest BCUT2D eigenvalue weighted by Crippen LogP contribution is 2.39. The predicted octanol–water partition coefficient (Wildman–Crippen LogP) is 3.64. The number of amides is 1. The van der Waals surface area contributed by atoms with E-state index in [1.54, 1.807) is 48.5 Å². The van der Waals surface area contributed by atoms with Crippen LogP contribution < -0.4 is 16.8 Å². The quantitative estimate of drug-likeness (QED) is 0.415. The van der Waals surface area contributed by atoms with Crippen molar-refractivity contribution in [2.75, 3.05) is 16.8 Å². The molecule has 0 atom stereocenters. The Bertz CT molecular complexity index is 1190. The lowest BCUT2D eigenvalue weighted by Gasteiger charge is -2.23. The molecule has 0 heterocycles. The van der Waals surface area contributed by atoms with Crippen molar-refractivity contribution in [2.24, 2.45) is 0 Å². The van der Waals surface area contributed by atoms with Gasteiger partial charge in [0.05, 0.1) is 28.1 Å². The van der Waals surface area contributed by atoms with Crippen LogP contribution in [0.4, 0.5) is 17.1 Å². The van der Waals surface area contributed by atoms with Crippen LogP contribution in [0.15, 0.2) is 59.1 Å². The Kier molecular flexibility index (Phi) is 4.24. The summed E-state index contributed by atoms with van der Waals surface area (Å²) in [4.78, 5) is 38.8. The minimum Gasteiger partial charge on any atom is -0.398 e. The van der Waals surface area contributed by atoms with Gasteiger partial charge in [-0.1, -0.05) is 36.4 Å². The lowest BCUT2D eigenvalue weighted by Crippen LogP contribution is -2.25. The Balaban J connectivity index is 1.88. The van der Waals surface area contributed by atoms with E-state index in [4.69, 9.17) is 11.5 Å². The fourth-order valence-corrected chi connectivity index (χ4v) is 3.70. The smallest absolute Gasteiger partial charge is 0.257 e.